The van der Waals surface area contributed by atoms with Crippen LogP contribution in [0.5, 0.6) is 0 Å². The van der Waals surface area contributed by atoms with Gasteiger partial charge in [0.05, 0.1) is 17.3 Å². The summed E-state index contributed by atoms with van der Waals surface area (Å²) in [5.41, 5.74) is 1.71. The summed E-state index contributed by atoms with van der Waals surface area (Å²) in [5, 5.41) is 4.21. The minimum Gasteiger partial charge on any atom is -0.294 e. The lowest BCUT2D eigenvalue weighted by Crippen LogP contribution is -2.10. The molecule has 0 spiro atoms. The molecule has 16 heavy (non-hydrogen) atoms. The van der Waals surface area contributed by atoms with Gasteiger partial charge in [0.1, 0.15) is 0 Å². The van der Waals surface area contributed by atoms with Crippen LogP contribution in [0.4, 0.5) is 0 Å². The van der Waals surface area contributed by atoms with Crippen LogP contribution in [0.1, 0.15) is 36.0 Å². The van der Waals surface area contributed by atoms with Crippen LogP contribution in [0.25, 0.3) is 5.52 Å². The second-order valence-corrected chi connectivity index (χ2v) is 4.43. The maximum Gasteiger partial charge on any atom is 0.169 e. The Morgan fingerprint density at radius 3 is 2.94 bits per heavy atom. The summed E-state index contributed by atoms with van der Waals surface area (Å²) in [5.74, 6) is 0.506. The van der Waals surface area contributed by atoms with Crippen molar-refractivity contribution in [1.29, 1.82) is 0 Å². The fourth-order valence-corrected chi connectivity index (χ4v) is 2.53. The lowest BCUT2D eigenvalue weighted by molar-refractivity contribution is 0.0924. The van der Waals surface area contributed by atoms with Gasteiger partial charge in [-0.3, -0.25) is 4.79 Å². The fourth-order valence-electron chi connectivity index (χ4n) is 2.53. The average Bonchev–Trinajstić information content (AvgIpc) is 2.98. The van der Waals surface area contributed by atoms with Crippen molar-refractivity contribution < 1.29 is 4.79 Å². The number of fused-ring (bicyclic) bond motifs is 1. The Bertz CT molecular complexity index is 523. The number of Topliss-reactive ketones (excluding diaryl/α,β-unsaturated/α-hetero) is 1. The van der Waals surface area contributed by atoms with Crippen LogP contribution in [0.2, 0.25) is 0 Å². The number of nitrogens with zero attached hydrogens (tertiary/aromatic N) is 2. The third-order valence-electron chi connectivity index (χ3n) is 3.42. The van der Waals surface area contributed by atoms with E-state index in [-0.39, 0.29) is 11.7 Å². The zero-order chi connectivity index (χ0) is 11.0. The predicted octanol–water partition coefficient (Wildman–Crippen LogP) is 2.71. The van der Waals surface area contributed by atoms with Crippen molar-refractivity contribution in [2.75, 3.05) is 0 Å². The molecule has 82 valence electrons. The van der Waals surface area contributed by atoms with Crippen LogP contribution >= 0.6 is 0 Å². The van der Waals surface area contributed by atoms with Crippen LogP contribution in [0, 0.1) is 5.92 Å². The van der Waals surface area contributed by atoms with Gasteiger partial charge >= 0.3 is 0 Å². The highest BCUT2D eigenvalue weighted by Crippen LogP contribution is 2.29. The number of rotatable bonds is 2. The van der Waals surface area contributed by atoms with Gasteiger partial charge in [0.15, 0.2) is 5.78 Å². The van der Waals surface area contributed by atoms with Crippen LogP contribution in [0.3, 0.4) is 0 Å². The number of carbonyl (C=O) groups is 1. The molecule has 0 radical (unpaired) electrons. The largest absolute Gasteiger partial charge is 0.294 e. The topological polar surface area (TPSA) is 34.4 Å². The highest BCUT2D eigenvalue weighted by molar-refractivity contribution is 6.03. The zero-order valence-corrected chi connectivity index (χ0v) is 9.10. The Hall–Kier alpha value is -1.64. The van der Waals surface area contributed by atoms with E-state index in [0.29, 0.717) is 0 Å². The summed E-state index contributed by atoms with van der Waals surface area (Å²) >= 11 is 0. The number of ketones is 1. The molecule has 0 amide bonds. The Balaban J connectivity index is 2.02. The minimum atomic E-state index is 0.230. The lowest BCUT2D eigenvalue weighted by Gasteiger charge is -2.05. The Morgan fingerprint density at radius 2 is 2.12 bits per heavy atom. The zero-order valence-electron chi connectivity index (χ0n) is 9.10. The average molecular weight is 214 g/mol. The van der Waals surface area contributed by atoms with E-state index in [1.165, 1.54) is 12.8 Å². The third kappa shape index (κ3) is 1.43. The van der Waals surface area contributed by atoms with E-state index in [0.717, 1.165) is 23.9 Å². The lowest BCUT2D eigenvalue weighted by atomic mass is 9.97. The van der Waals surface area contributed by atoms with Gasteiger partial charge < -0.3 is 0 Å². The molecule has 1 aliphatic rings. The molecule has 1 aliphatic carbocycles. The molecule has 0 atom stereocenters. The molecule has 1 saturated carbocycles. The second kappa shape index (κ2) is 3.74. The van der Waals surface area contributed by atoms with E-state index in [1.807, 2.05) is 24.4 Å². The van der Waals surface area contributed by atoms with Crippen molar-refractivity contribution in [3.63, 3.8) is 0 Å². The normalized spacial score (nSPS) is 17.0. The molecule has 0 N–H and O–H groups in total. The molecule has 2 heterocycles. The maximum absolute atomic E-state index is 12.3. The fraction of sp³-hybridized carbons (Fsp3) is 0.385. The summed E-state index contributed by atoms with van der Waals surface area (Å²) in [6.07, 6.45) is 8.05. The first-order valence-electron chi connectivity index (χ1n) is 5.83. The molecule has 2 aromatic heterocycles. The Morgan fingerprint density at radius 1 is 1.31 bits per heavy atom. The number of hydrogen-bond donors (Lipinski definition) is 0. The molecule has 3 heteroatoms. The molecule has 0 aromatic carbocycles. The third-order valence-corrected chi connectivity index (χ3v) is 3.42. The smallest absolute Gasteiger partial charge is 0.169 e. The van der Waals surface area contributed by atoms with Gasteiger partial charge in [-0.15, -0.1) is 0 Å². The second-order valence-electron chi connectivity index (χ2n) is 4.43. The van der Waals surface area contributed by atoms with Gasteiger partial charge in [-0.05, 0) is 25.0 Å². The van der Waals surface area contributed by atoms with Gasteiger partial charge in [0, 0.05) is 12.1 Å². The van der Waals surface area contributed by atoms with E-state index in [9.17, 15) is 4.79 Å². The van der Waals surface area contributed by atoms with Crippen molar-refractivity contribution in [3.8, 4) is 0 Å². The number of hydrogen-bond acceptors (Lipinski definition) is 2. The quantitative estimate of drug-likeness (QED) is 0.720. The van der Waals surface area contributed by atoms with Crippen LogP contribution < -0.4 is 0 Å². The van der Waals surface area contributed by atoms with Crippen molar-refractivity contribution in [1.82, 2.24) is 9.61 Å². The monoisotopic (exact) mass is 214 g/mol. The summed E-state index contributed by atoms with van der Waals surface area (Å²) < 4.78 is 1.77. The number of pyridine rings is 1. The molecule has 1 fully saturated rings. The SMILES string of the molecule is O=C(c1cnn2ccccc12)C1CCCC1. The molecular weight excluding hydrogens is 200 g/mol. The van der Waals surface area contributed by atoms with Gasteiger partial charge in [-0.1, -0.05) is 18.9 Å². The summed E-state index contributed by atoms with van der Waals surface area (Å²) in [4.78, 5) is 12.3. The maximum atomic E-state index is 12.3. The van der Waals surface area contributed by atoms with Gasteiger partial charge in [0.2, 0.25) is 0 Å². The highest BCUT2D eigenvalue weighted by Gasteiger charge is 2.25. The molecular formula is C13H14N2O. The van der Waals surface area contributed by atoms with Gasteiger partial charge in [0.25, 0.3) is 0 Å². The predicted molar refractivity (Wildman–Crippen MR) is 61.5 cm³/mol. The summed E-state index contributed by atoms with van der Waals surface area (Å²) in [7, 11) is 0. The van der Waals surface area contributed by atoms with E-state index < -0.39 is 0 Å². The van der Waals surface area contributed by atoms with Crippen molar-refractivity contribution >= 4 is 11.3 Å². The van der Waals surface area contributed by atoms with Crippen LogP contribution in [0.15, 0.2) is 30.6 Å². The molecule has 0 unspecified atom stereocenters. The highest BCUT2D eigenvalue weighted by atomic mass is 16.1. The van der Waals surface area contributed by atoms with E-state index in [4.69, 9.17) is 0 Å². The standard InChI is InChI=1S/C13H14N2O/c16-13(10-5-1-2-6-10)11-9-14-15-8-4-3-7-12(11)15/h3-4,7-10H,1-2,5-6H2. The first-order chi connectivity index (χ1) is 7.86. The molecule has 0 aliphatic heterocycles. The molecule has 0 bridgehead atoms. The van der Waals surface area contributed by atoms with E-state index >= 15 is 0 Å². The van der Waals surface area contributed by atoms with E-state index in [2.05, 4.69) is 5.10 Å². The van der Waals surface area contributed by atoms with Gasteiger partial charge in [-0.2, -0.15) is 5.10 Å². The summed E-state index contributed by atoms with van der Waals surface area (Å²) in [6.45, 7) is 0. The van der Waals surface area contributed by atoms with Crippen molar-refractivity contribution in [2.24, 2.45) is 5.92 Å². The summed E-state index contributed by atoms with van der Waals surface area (Å²) in [6, 6.07) is 5.82. The number of carbonyl (C=O) groups excluding carboxylic acids is 1. The van der Waals surface area contributed by atoms with Crippen molar-refractivity contribution in [2.45, 2.75) is 25.7 Å². The number of aromatic nitrogens is 2. The first-order valence-corrected chi connectivity index (χ1v) is 5.83. The Labute approximate surface area is 94.1 Å². The van der Waals surface area contributed by atoms with Crippen LogP contribution in [-0.4, -0.2) is 15.4 Å². The first kappa shape index (κ1) is 9.58. The van der Waals surface area contributed by atoms with Gasteiger partial charge in [-0.25, -0.2) is 4.52 Å². The molecule has 3 nitrogen and oxygen atoms in total. The minimum absolute atomic E-state index is 0.230. The molecule has 0 saturated heterocycles. The van der Waals surface area contributed by atoms with E-state index in [1.54, 1.807) is 10.7 Å². The van der Waals surface area contributed by atoms with Crippen LogP contribution in [-0.2, 0) is 0 Å². The van der Waals surface area contributed by atoms with Crippen molar-refractivity contribution in [3.05, 3.63) is 36.2 Å². The molecule has 3 rings (SSSR count). The Kier molecular flexibility index (Phi) is 2.24. The molecule has 2 aromatic rings.